The van der Waals surface area contributed by atoms with Crippen LogP contribution < -0.4 is 10.7 Å². The molecule has 0 atom stereocenters. The molecule has 0 unspecified atom stereocenters. The summed E-state index contributed by atoms with van der Waals surface area (Å²) in [4.78, 5) is 5.94. The molecule has 2 heterocycles. The Morgan fingerprint density at radius 2 is 1.86 bits per heavy atom. The highest BCUT2D eigenvalue weighted by atomic mass is 79.9. The predicted molar refractivity (Wildman–Crippen MR) is 148 cm³/mol. The van der Waals surface area contributed by atoms with Gasteiger partial charge < -0.3 is 10.3 Å². The average Bonchev–Trinajstić information content (AvgIpc) is 3.36. The standard InChI is InChI=1S/C25H20BrClN6O3S/c1-16(21-12-11-19(15-29-21)37(2,34)35)33(22-6-4-3-5-20(22)27)23(30-28)13-14-24-31-32-25(36-24)17-7-9-18(26)10-8-17/h3-15H,1,28H2,2H3/b14-13+,30-23-. The number of aromatic nitrogens is 3. The second-order valence-electron chi connectivity index (χ2n) is 7.66. The number of nitrogens with zero attached hydrogens (tertiary/aromatic N) is 5. The minimum atomic E-state index is -3.41. The number of sulfone groups is 1. The third-order valence-corrected chi connectivity index (χ3v) is 7.04. The molecule has 188 valence electrons. The highest BCUT2D eigenvalue weighted by Gasteiger charge is 2.21. The Kier molecular flexibility index (Phi) is 7.86. The van der Waals surface area contributed by atoms with Crippen LogP contribution in [0.2, 0.25) is 5.02 Å². The summed E-state index contributed by atoms with van der Waals surface area (Å²) in [6.45, 7) is 4.14. The van der Waals surface area contributed by atoms with Crippen LogP contribution in [-0.2, 0) is 9.84 Å². The van der Waals surface area contributed by atoms with Crippen LogP contribution in [0.5, 0.6) is 0 Å². The number of benzene rings is 2. The maximum atomic E-state index is 11.8. The van der Waals surface area contributed by atoms with Gasteiger partial charge in [0.2, 0.25) is 11.8 Å². The van der Waals surface area contributed by atoms with Crippen molar-refractivity contribution in [2.24, 2.45) is 10.9 Å². The molecule has 0 fully saturated rings. The maximum Gasteiger partial charge on any atom is 0.248 e. The molecule has 2 N–H and O–H groups in total. The first-order chi connectivity index (χ1) is 17.7. The minimum absolute atomic E-state index is 0.0823. The van der Waals surface area contributed by atoms with Crippen molar-refractivity contribution in [1.29, 1.82) is 0 Å². The van der Waals surface area contributed by atoms with Gasteiger partial charge in [-0.3, -0.25) is 9.88 Å². The quantitative estimate of drug-likeness (QED) is 0.129. The van der Waals surface area contributed by atoms with Crippen molar-refractivity contribution in [3.05, 3.63) is 101 Å². The third kappa shape index (κ3) is 6.13. The van der Waals surface area contributed by atoms with E-state index in [1.54, 1.807) is 47.4 Å². The first-order valence-corrected chi connectivity index (χ1v) is 13.7. The van der Waals surface area contributed by atoms with Crippen molar-refractivity contribution in [3.63, 3.8) is 0 Å². The van der Waals surface area contributed by atoms with Gasteiger partial charge in [-0.05, 0) is 54.6 Å². The van der Waals surface area contributed by atoms with Crippen molar-refractivity contribution in [1.82, 2.24) is 15.2 Å². The number of hydrazone groups is 1. The number of amidine groups is 1. The largest absolute Gasteiger partial charge is 0.417 e. The molecule has 0 spiro atoms. The summed E-state index contributed by atoms with van der Waals surface area (Å²) >= 11 is 9.88. The van der Waals surface area contributed by atoms with E-state index in [-0.39, 0.29) is 16.6 Å². The van der Waals surface area contributed by atoms with Crippen molar-refractivity contribution >= 4 is 60.7 Å². The Morgan fingerprint density at radius 1 is 1.14 bits per heavy atom. The zero-order chi connectivity index (χ0) is 26.6. The molecule has 9 nitrogen and oxygen atoms in total. The minimum Gasteiger partial charge on any atom is -0.417 e. The molecule has 0 saturated heterocycles. The molecule has 0 amide bonds. The highest BCUT2D eigenvalue weighted by molar-refractivity contribution is 9.10. The van der Waals surface area contributed by atoms with Crippen LogP contribution >= 0.6 is 27.5 Å². The summed E-state index contributed by atoms with van der Waals surface area (Å²) in [6.07, 6.45) is 5.49. The van der Waals surface area contributed by atoms with E-state index in [1.807, 2.05) is 24.3 Å². The van der Waals surface area contributed by atoms with E-state index in [0.717, 1.165) is 16.3 Å². The second kappa shape index (κ2) is 11.1. The monoisotopic (exact) mass is 598 g/mol. The van der Waals surface area contributed by atoms with Crippen LogP contribution in [0.3, 0.4) is 0 Å². The molecule has 4 aromatic rings. The Hall–Kier alpha value is -3.80. The normalized spacial score (nSPS) is 12.1. The van der Waals surface area contributed by atoms with Gasteiger partial charge in [0, 0.05) is 28.6 Å². The van der Waals surface area contributed by atoms with E-state index in [0.29, 0.717) is 28.0 Å². The van der Waals surface area contributed by atoms with Gasteiger partial charge in [0.15, 0.2) is 15.7 Å². The summed E-state index contributed by atoms with van der Waals surface area (Å²) in [5, 5.41) is 12.5. The molecule has 0 aliphatic heterocycles. The maximum absolute atomic E-state index is 11.8. The van der Waals surface area contributed by atoms with Gasteiger partial charge in [-0.15, -0.1) is 10.2 Å². The van der Waals surface area contributed by atoms with Gasteiger partial charge in [0.1, 0.15) is 0 Å². The van der Waals surface area contributed by atoms with E-state index >= 15 is 0 Å². The van der Waals surface area contributed by atoms with Crippen LogP contribution in [0.15, 0.2) is 98.4 Å². The third-order valence-electron chi connectivity index (χ3n) is 5.09. The smallest absolute Gasteiger partial charge is 0.248 e. The van der Waals surface area contributed by atoms with Gasteiger partial charge in [-0.1, -0.05) is 46.2 Å². The fourth-order valence-electron chi connectivity index (χ4n) is 3.26. The van der Waals surface area contributed by atoms with Gasteiger partial charge in [-0.25, -0.2) is 8.42 Å². The van der Waals surface area contributed by atoms with E-state index < -0.39 is 9.84 Å². The number of para-hydroxylation sites is 1. The molecule has 12 heteroatoms. The van der Waals surface area contributed by atoms with E-state index in [4.69, 9.17) is 21.9 Å². The van der Waals surface area contributed by atoms with Crippen LogP contribution in [0.1, 0.15) is 11.6 Å². The molecule has 0 bridgehead atoms. The van der Waals surface area contributed by atoms with Crippen LogP contribution in [0, 0.1) is 0 Å². The lowest BCUT2D eigenvalue weighted by atomic mass is 10.2. The molecule has 0 aliphatic carbocycles. The number of rotatable bonds is 7. The van der Waals surface area contributed by atoms with E-state index in [9.17, 15) is 8.42 Å². The molecule has 2 aromatic carbocycles. The molecule has 37 heavy (non-hydrogen) atoms. The predicted octanol–water partition coefficient (Wildman–Crippen LogP) is 5.41. The molecular formula is C25H20BrClN6O3S. The topological polar surface area (TPSA) is 128 Å². The fourth-order valence-corrected chi connectivity index (χ4v) is 4.30. The number of pyridine rings is 1. The lowest BCUT2D eigenvalue weighted by Crippen LogP contribution is -2.29. The number of hydrogen-bond acceptors (Lipinski definition) is 8. The van der Waals surface area contributed by atoms with Crippen molar-refractivity contribution in [3.8, 4) is 11.5 Å². The molecule has 2 aromatic heterocycles. The molecule has 0 saturated carbocycles. The summed E-state index contributed by atoms with van der Waals surface area (Å²) in [6, 6.07) is 17.5. The van der Waals surface area contributed by atoms with E-state index in [1.165, 1.54) is 12.3 Å². The lowest BCUT2D eigenvalue weighted by molar-refractivity contribution is 0.557. The fraction of sp³-hybridized carbons (Fsp3) is 0.0400. The summed E-state index contributed by atoms with van der Waals surface area (Å²) in [5.74, 6) is 6.57. The molecule has 4 rings (SSSR count). The SMILES string of the molecule is C=C(c1ccc(S(C)(=O)=O)cn1)N(C(/C=C/c1nnc(-c2ccc(Br)cc2)o1)=N\N)c1ccccc1Cl. The lowest BCUT2D eigenvalue weighted by Gasteiger charge is -2.26. The Bertz CT molecular complexity index is 1600. The van der Waals surface area contributed by atoms with Gasteiger partial charge in [0.05, 0.1) is 27.0 Å². The summed E-state index contributed by atoms with van der Waals surface area (Å²) in [7, 11) is -3.41. The summed E-state index contributed by atoms with van der Waals surface area (Å²) in [5.41, 5.74) is 2.02. The second-order valence-corrected chi connectivity index (χ2v) is 11.0. The first-order valence-electron chi connectivity index (χ1n) is 10.6. The molecule has 0 aliphatic rings. The zero-order valence-electron chi connectivity index (χ0n) is 19.4. The van der Waals surface area contributed by atoms with Gasteiger partial charge in [-0.2, -0.15) is 5.10 Å². The Labute approximate surface area is 227 Å². The van der Waals surface area contributed by atoms with Gasteiger partial charge in [0.25, 0.3) is 0 Å². The van der Waals surface area contributed by atoms with E-state index in [2.05, 4.69) is 42.8 Å². The zero-order valence-corrected chi connectivity index (χ0v) is 22.6. The average molecular weight is 600 g/mol. The molecule has 0 radical (unpaired) electrons. The summed E-state index contributed by atoms with van der Waals surface area (Å²) < 4.78 is 30.4. The number of anilines is 1. The van der Waals surface area contributed by atoms with Crippen LogP contribution in [0.25, 0.3) is 23.2 Å². The van der Waals surface area contributed by atoms with Crippen molar-refractivity contribution in [2.45, 2.75) is 4.90 Å². The van der Waals surface area contributed by atoms with Crippen molar-refractivity contribution in [2.75, 3.05) is 11.2 Å². The molecular weight excluding hydrogens is 580 g/mol. The Balaban J connectivity index is 1.68. The van der Waals surface area contributed by atoms with Gasteiger partial charge >= 0.3 is 0 Å². The first kappa shape index (κ1) is 26.3. The number of hydrogen-bond donors (Lipinski definition) is 1. The number of halogens is 2. The van der Waals surface area contributed by atoms with Crippen LogP contribution in [0.4, 0.5) is 5.69 Å². The number of nitrogens with two attached hydrogens (primary N) is 1. The van der Waals surface area contributed by atoms with Crippen LogP contribution in [-0.4, -0.2) is 35.7 Å². The van der Waals surface area contributed by atoms with Crippen molar-refractivity contribution < 1.29 is 12.8 Å². The highest BCUT2D eigenvalue weighted by Crippen LogP contribution is 2.32. The Morgan fingerprint density at radius 3 is 2.49 bits per heavy atom.